The molecule has 0 unspecified atom stereocenters. The Labute approximate surface area is 124 Å². The summed E-state index contributed by atoms with van der Waals surface area (Å²) in [7, 11) is 0. The van der Waals surface area contributed by atoms with Crippen LogP contribution in [-0.2, 0) is 0 Å². The van der Waals surface area contributed by atoms with Crippen LogP contribution in [0.3, 0.4) is 0 Å². The molecule has 0 fully saturated rings. The molecule has 19 heavy (non-hydrogen) atoms. The lowest BCUT2D eigenvalue weighted by molar-refractivity contribution is 0.0999. The summed E-state index contributed by atoms with van der Waals surface area (Å²) in [6.45, 7) is 0. The first-order valence-corrected chi connectivity index (χ1v) is 8.58. The molecular weight excluding hydrogens is 296 g/mol. The molecule has 0 radical (unpaired) electrons. The highest BCUT2D eigenvalue weighted by Gasteiger charge is 2.12. The third kappa shape index (κ3) is 3.89. The lowest BCUT2D eigenvalue weighted by atomic mass is 10.2. The van der Waals surface area contributed by atoms with E-state index >= 15 is 0 Å². The monoisotopic (exact) mass is 308 g/mol. The minimum Gasteiger partial charge on any atom is -0.293 e. The Bertz CT molecular complexity index is 580. The number of hydrogen-bond donors (Lipinski definition) is 0. The van der Waals surface area contributed by atoms with Crippen LogP contribution in [0.5, 0.6) is 0 Å². The van der Waals surface area contributed by atoms with E-state index in [4.69, 9.17) is 0 Å². The van der Waals surface area contributed by atoms with Crippen LogP contribution in [0, 0.1) is 0 Å². The molecule has 0 bridgehead atoms. The van der Waals surface area contributed by atoms with Crippen molar-refractivity contribution in [3.8, 4) is 0 Å². The third-order valence-corrected chi connectivity index (χ3v) is 5.03. The Hall–Kier alpha value is -1.17. The molecule has 0 atom stereocenters. The van der Waals surface area contributed by atoms with Crippen LogP contribution in [-0.4, -0.2) is 17.8 Å². The molecule has 2 rings (SSSR count). The van der Waals surface area contributed by atoms with Gasteiger partial charge in [-0.1, -0.05) is 12.1 Å². The highest BCUT2D eigenvalue weighted by atomic mass is 32.2. The Morgan fingerprint density at radius 1 is 1.16 bits per heavy atom. The maximum absolute atomic E-state index is 12.0. The number of thiophene rings is 2. The van der Waals surface area contributed by atoms with Gasteiger partial charge in [0.15, 0.2) is 11.6 Å². The van der Waals surface area contributed by atoms with Gasteiger partial charge in [0.2, 0.25) is 0 Å². The lowest BCUT2D eigenvalue weighted by Crippen LogP contribution is -1.99. The second-order valence-electron chi connectivity index (χ2n) is 3.73. The molecule has 0 aliphatic carbocycles. The van der Waals surface area contributed by atoms with Crippen LogP contribution in [0.15, 0.2) is 46.0 Å². The van der Waals surface area contributed by atoms with Crippen molar-refractivity contribution in [3.63, 3.8) is 0 Å². The van der Waals surface area contributed by atoms with Crippen LogP contribution in [0.2, 0.25) is 0 Å². The van der Waals surface area contributed by atoms with E-state index in [0.29, 0.717) is 11.3 Å². The topological polar surface area (TPSA) is 34.1 Å². The van der Waals surface area contributed by atoms with Gasteiger partial charge in [0.1, 0.15) is 0 Å². The first kappa shape index (κ1) is 14.2. The summed E-state index contributed by atoms with van der Waals surface area (Å²) in [5, 5.41) is 3.75. The normalized spacial score (nSPS) is 11.5. The molecule has 0 N–H and O–H groups in total. The number of rotatable bonds is 6. The number of carbonyl (C=O) groups excluding carboxylic acids is 2. The molecule has 2 aromatic rings. The quantitative estimate of drug-likeness (QED) is 0.581. The zero-order valence-electron chi connectivity index (χ0n) is 10.3. The summed E-state index contributed by atoms with van der Waals surface area (Å²) in [6.07, 6.45) is 3.75. The van der Waals surface area contributed by atoms with Crippen molar-refractivity contribution in [2.24, 2.45) is 0 Å². The summed E-state index contributed by atoms with van der Waals surface area (Å²) >= 11 is 4.29. The fraction of sp³-hybridized carbons (Fsp3) is 0.143. The molecule has 0 aliphatic heterocycles. The Kier molecular flexibility index (Phi) is 5.13. The van der Waals surface area contributed by atoms with Crippen LogP contribution >= 0.6 is 34.4 Å². The van der Waals surface area contributed by atoms with E-state index in [1.807, 2.05) is 35.2 Å². The van der Waals surface area contributed by atoms with Gasteiger partial charge in [-0.3, -0.25) is 9.59 Å². The minimum absolute atomic E-state index is 0.0293. The van der Waals surface area contributed by atoms with Crippen LogP contribution < -0.4 is 0 Å². The average molecular weight is 308 g/mol. The van der Waals surface area contributed by atoms with Gasteiger partial charge in [-0.25, -0.2) is 0 Å². The van der Waals surface area contributed by atoms with Crippen molar-refractivity contribution in [2.75, 3.05) is 6.26 Å². The maximum atomic E-state index is 12.0. The predicted molar refractivity (Wildman–Crippen MR) is 83.5 cm³/mol. The summed E-state index contributed by atoms with van der Waals surface area (Å²) in [4.78, 5) is 26.2. The maximum Gasteiger partial charge on any atom is 0.196 e. The lowest BCUT2D eigenvalue weighted by Gasteiger charge is -2.01. The van der Waals surface area contributed by atoms with Crippen molar-refractivity contribution in [1.29, 1.82) is 0 Å². The number of ketones is 2. The molecule has 0 saturated heterocycles. The molecule has 2 heterocycles. The SMILES string of the molecule is CS/C(=C\C(=O)c1cccs1)CC(=O)c1cccs1. The second-order valence-corrected chi connectivity index (χ2v) is 6.56. The van der Waals surface area contributed by atoms with Gasteiger partial charge in [-0.2, -0.15) is 0 Å². The fourth-order valence-corrected chi connectivity index (χ4v) is 3.30. The van der Waals surface area contributed by atoms with E-state index in [2.05, 4.69) is 0 Å². The molecule has 2 nitrogen and oxygen atoms in total. The van der Waals surface area contributed by atoms with E-state index < -0.39 is 0 Å². The zero-order chi connectivity index (χ0) is 13.7. The first-order chi connectivity index (χ1) is 9.20. The van der Waals surface area contributed by atoms with Gasteiger partial charge in [-0.15, -0.1) is 34.4 Å². The summed E-state index contributed by atoms with van der Waals surface area (Å²) in [6, 6.07) is 7.31. The molecular formula is C14H12O2S3. The number of allylic oxidation sites excluding steroid dienone is 2. The number of thioether (sulfide) groups is 1. The molecule has 0 amide bonds. The smallest absolute Gasteiger partial charge is 0.196 e. The highest BCUT2D eigenvalue weighted by Crippen LogP contribution is 2.22. The molecule has 0 aromatic carbocycles. The van der Waals surface area contributed by atoms with E-state index in [1.165, 1.54) is 34.4 Å². The van der Waals surface area contributed by atoms with Crippen LogP contribution in [0.25, 0.3) is 0 Å². The van der Waals surface area contributed by atoms with Gasteiger partial charge < -0.3 is 0 Å². The Morgan fingerprint density at radius 2 is 1.79 bits per heavy atom. The second kappa shape index (κ2) is 6.84. The average Bonchev–Trinajstić information content (AvgIpc) is 3.09. The van der Waals surface area contributed by atoms with Crippen LogP contribution in [0.4, 0.5) is 0 Å². The third-order valence-electron chi connectivity index (χ3n) is 2.45. The zero-order valence-corrected chi connectivity index (χ0v) is 12.7. The summed E-state index contributed by atoms with van der Waals surface area (Å²) in [5.41, 5.74) is 0. The van der Waals surface area contributed by atoms with Crippen molar-refractivity contribution >= 4 is 46.0 Å². The van der Waals surface area contributed by atoms with Gasteiger partial charge in [-0.05, 0) is 40.1 Å². The summed E-state index contributed by atoms with van der Waals surface area (Å²) in [5.74, 6) is 0.0351. The predicted octanol–water partition coefficient (Wildman–Crippen LogP) is 4.51. The molecule has 0 aliphatic rings. The summed E-state index contributed by atoms with van der Waals surface area (Å²) < 4.78 is 0. The standard InChI is InChI=1S/C14H12O2S3/c1-17-10(8-11(15)13-4-2-6-18-13)9-12(16)14-5-3-7-19-14/h2-8H,9H2,1H3/b10-8-. The number of hydrogen-bond acceptors (Lipinski definition) is 5. The molecule has 0 saturated carbocycles. The van der Waals surface area contributed by atoms with Gasteiger partial charge in [0.25, 0.3) is 0 Å². The van der Waals surface area contributed by atoms with E-state index in [0.717, 1.165) is 9.78 Å². The van der Waals surface area contributed by atoms with Gasteiger partial charge in [0.05, 0.1) is 9.75 Å². The molecule has 98 valence electrons. The first-order valence-electron chi connectivity index (χ1n) is 5.60. The molecule has 2 aromatic heterocycles. The fourth-order valence-electron chi connectivity index (χ4n) is 1.50. The van der Waals surface area contributed by atoms with Crippen molar-refractivity contribution in [3.05, 3.63) is 55.8 Å². The van der Waals surface area contributed by atoms with Crippen LogP contribution in [0.1, 0.15) is 25.8 Å². The van der Waals surface area contributed by atoms with Crippen molar-refractivity contribution < 1.29 is 9.59 Å². The Balaban J connectivity index is 2.08. The minimum atomic E-state index is -0.0293. The number of carbonyl (C=O) groups is 2. The Morgan fingerprint density at radius 3 is 2.32 bits per heavy atom. The van der Waals surface area contributed by atoms with E-state index in [-0.39, 0.29) is 11.6 Å². The van der Waals surface area contributed by atoms with Gasteiger partial charge >= 0.3 is 0 Å². The van der Waals surface area contributed by atoms with Crippen molar-refractivity contribution in [2.45, 2.75) is 6.42 Å². The highest BCUT2D eigenvalue weighted by molar-refractivity contribution is 8.02. The van der Waals surface area contributed by atoms with E-state index in [9.17, 15) is 9.59 Å². The van der Waals surface area contributed by atoms with Crippen molar-refractivity contribution in [1.82, 2.24) is 0 Å². The number of Topliss-reactive ketones (excluding diaryl/α,β-unsaturated/α-hetero) is 1. The van der Waals surface area contributed by atoms with E-state index in [1.54, 1.807) is 12.1 Å². The van der Waals surface area contributed by atoms with Gasteiger partial charge in [0, 0.05) is 6.42 Å². The molecule has 5 heteroatoms. The largest absolute Gasteiger partial charge is 0.293 e. The molecule has 0 spiro atoms.